The highest BCUT2D eigenvalue weighted by Crippen LogP contribution is 2.20. The molecule has 0 atom stereocenters. The molecule has 0 unspecified atom stereocenters. The molecule has 0 aliphatic heterocycles. The van der Waals surface area contributed by atoms with E-state index in [1.807, 2.05) is 11.9 Å². The predicted octanol–water partition coefficient (Wildman–Crippen LogP) is 3.16. The van der Waals surface area contributed by atoms with Gasteiger partial charge in [-0.3, -0.25) is 0 Å². The molecule has 0 saturated carbocycles. The third-order valence-corrected chi connectivity index (χ3v) is 3.09. The summed E-state index contributed by atoms with van der Waals surface area (Å²) in [6, 6.07) is 2.59. The molecule has 1 rings (SSSR count). The van der Waals surface area contributed by atoms with Crippen LogP contribution in [0, 0.1) is 11.6 Å². The Kier molecular flexibility index (Phi) is 6.75. The summed E-state index contributed by atoms with van der Waals surface area (Å²) in [5, 5.41) is 3.25. The van der Waals surface area contributed by atoms with Gasteiger partial charge in [0.15, 0.2) is 0 Å². The first-order valence-electron chi connectivity index (χ1n) is 6.07. The Morgan fingerprint density at radius 2 is 1.83 bits per heavy atom. The minimum absolute atomic E-state index is 0.121. The molecule has 0 spiro atoms. The van der Waals surface area contributed by atoms with Gasteiger partial charge in [-0.2, -0.15) is 0 Å². The van der Waals surface area contributed by atoms with Crippen LogP contribution in [0.25, 0.3) is 0 Å². The second-order valence-electron chi connectivity index (χ2n) is 4.34. The molecule has 0 fully saturated rings. The molecular formula is C13H19BrF2N2. The van der Waals surface area contributed by atoms with Crippen molar-refractivity contribution < 1.29 is 8.78 Å². The van der Waals surface area contributed by atoms with Gasteiger partial charge >= 0.3 is 0 Å². The molecule has 1 aromatic rings. The first kappa shape index (κ1) is 15.5. The zero-order valence-corrected chi connectivity index (χ0v) is 12.4. The highest BCUT2D eigenvalue weighted by atomic mass is 79.9. The summed E-state index contributed by atoms with van der Waals surface area (Å²) >= 11 is 3.07. The molecule has 102 valence electrons. The average Bonchev–Trinajstić information content (AvgIpc) is 2.29. The Labute approximate surface area is 115 Å². The van der Waals surface area contributed by atoms with Gasteiger partial charge in [-0.25, -0.2) is 8.78 Å². The van der Waals surface area contributed by atoms with Crippen molar-refractivity contribution in [2.75, 3.05) is 26.7 Å². The summed E-state index contributed by atoms with van der Waals surface area (Å²) in [6.07, 6.45) is 1.08. The van der Waals surface area contributed by atoms with E-state index >= 15 is 0 Å². The average molecular weight is 321 g/mol. The number of benzene rings is 1. The molecule has 0 heterocycles. The summed E-state index contributed by atoms with van der Waals surface area (Å²) in [6.45, 7) is 4.93. The van der Waals surface area contributed by atoms with Gasteiger partial charge in [-0.05, 0) is 32.1 Å². The van der Waals surface area contributed by atoms with Gasteiger partial charge in [-0.15, -0.1) is 0 Å². The molecule has 2 nitrogen and oxygen atoms in total. The maximum atomic E-state index is 13.6. The van der Waals surface area contributed by atoms with E-state index in [2.05, 4.69) is 28.2 Å². The first-order chi connectivity index (χ1) is 8.54. The number of nitrogens with zero attached hydrogens (tertiary/aromatic N) is 1. The second-order valence-corrected chi connectivity index (χ2v) is 5.25. The normalized spacial score (nSPS) is 11.2. The number of halogens is 3. The van der Waals surface area contributed by atoms with Crippen molar-refractivity contribution in [1.82, 2.24) is 10.2 Å². The molecule has 0 radical (unpaired) electrons. The van der Waals surface area contributed by atoms with E-state index in [-0.39, 0.29) is 12.1 Å². The topological polar surface area (TPSA) is 15.3 Å². The van der Waals surface area contributed by atoms with Gasteiger partial charge < -0.3 is 10.2 Å². The number of likely N-dealkylation sites (N-methyl/N-ethyl adjacent to an activating group) is 1. The fourth-order valence-corrected chi connectivity index (χ4v) is 2.05. The van der Waals surface area contributed by atoms with Crippen molar-refractivity contribution in [3.63, 3.8) is 0 Å². The highest BCUT2D eigenvalue weighted by Gasteiger charge is 2.12. The molecule has 18 heavy (non-hydrogen) atoms. The second kappa shape index (κ2) is 7.81. The fourth-order valence-electron chi connectivity index (χ4n) is 1.64. The smallest absolute Gasteiger partial charge is 0.131 e. The Morgan fingerprint density at radius 1 is 1.22 bits per heavy atom. The van der Waals surface area contributed by atoms with Crippen LogP contribution in [0.15, 0.2) is 16.6 Å². The van der Waals surface area contributed by atoms with Crippen LogP contribution >= 0.6 is 15.9 Å². The van der Waals surface area contributed by atoms with E-state index in [4.69, 9.17) is 0 Å². The van der Waals surface area contributed by atoms with Gasteiger partial charge in [0.25, 0.3) is 0 Å². The van der Waals surface area contributed by atoms with E-state index in [0.717, 1.165) is 26.1 Å². The highest BCUT2D eigenvalue weighted by molar-refractivity contribution is 9.10. The molecule has 0 bridgehead atoms. The summed E-state index contributed by atoms with van der Waals surface area (Å²) in [7, 11) is 1.86. The van der Waals surface area contributed by atoms with E-state index in [1.54, 1.807) is 0 Å². The number of hydrogen-bond acceptors (Lipinski definition) is 2. The van der Waals surface area contributed by atoms with Crippen LogP contribution in [0.4, 0.5) is 8.78 Å². The summed E-state index contributed by atoms with van der Waals surface area (Å²) < 4.78 is 27.6. The van der Waals surface area contributed by atoms with Gasteiger partial charge in [0, 0.05) is 29.7 Å². The maximum absolute atomic E-state index is 13.6. The molecule has 0 amide bonds. The zero-order valence-electron chi connectivity index (χ0n) is 10.8. The number of hydrogen-bond donors (Lipinski definition) is 1. The molecule has 0 aromatic heterocycles. The first-order valence-corrected chi connectivity index (χ1v) is 6.86. The SMILES string of the molecule is CCCNCCN(C)Cc1c(F)cc(Br)cc1F. The Hall–Kier alpha value is -0.520. The lowest BCUT2D eigenvalue weighted by atomic mass is 10.2. The van der Waals surface area contributed by atoms with E-state index in [1.165, 1.54) is 12.1 Å². The predicted molar refractivity (Wildman–Crippen MR) is 73.6 cm³/mol. The lowest BCUT2D eigenvalue weighted by molar-refractivity contribution is 0.313. The van der Waals surface area contributed by atoms with Crippen molar-refractivity contribution in [2.45, 2.75) is 19.9 Å². The molecular weight excluding hydrogens is 302 g/mol. The van der Waals surface area contributed by atoms with Crippen LogP contribution in [-0.4, -0.2) is 31.6 Å². The monoisotopic (exact) mass is 320 g/mol. The third kappa shape index (κ3) is 5.00. The van der Waals surface area contributed by atoms with Gasteiger partial charge in [0.2, 0.25) is 0 Å². The van der Waals surface area contributed by atoms with Crippen LogP contribution in [0.2, 0.25) is 0 Å². The largest absolute Gasteiger partial charge is 0.315 e. The minimum Gasteiger partial charge on any atom is -0.315 e. The third-order valence-electron chi connectivity index (χ3n) is 2.63. The van der Waals surface area contributed by atoms with Gasteiger partial charge in [0.1, 0.15) is 11.6 Å². The molecule has 0 saturated heterocycles. The zero-order chi connectivity index (χ0) is 13.5. The lowest BCUT2D eigenvalue weighted by Gasteiger charge is -2.18. The van der Waals surface area contributed by atoms with Crippen LogP contribution < -0.4 is 5.32 Å². The Balaban J connectivity index is 2.51. The number of nitrogens with one attached hydrogen (secondary N) is 1. The van der Waals surface area contributed by atoms with Crippen LogP contribution in [-0.2, 0) is 6.54 Å². The molecule has 1 aromatic carbocycles. The van der Waals surface area contributed by atoms with Crippen LogP contribution in [0.1, 0.15) is 18.9 Å². The molecule has 1 N–H and O–H groups in total. The van der Waals surface area contributed by atoms with Crippen LogP contribution in [0.3, 0.4) is 0 Å². The molecule has 0 aliphatic carbocycles. The fraction of sp³-hybridized carbons (Fsp3) is 0.538. The Morgan fingerprint density at radius 3 is 2.39 bits per heavy atom. The minimum atomic E-state index is -0.504. The van der Waals surface area contributed by atoms with Crippen LogP contribution in [0.5, 0.6) is 0 Å². The quantitative estimate of drug-likeness (QED) is 0.776. The van der Waals surface area contributed by atoms with Crippen molar-refractivity contribution in [2.24, 2.45) is 0 Å². The van der Waals surface area contributed by atoms with E-state index in [9.17, 15) is 8.78 Å². The van der Waals surface area contributed by atoms with Crippen molar-refractivity contribution in [3.8, 4) is 0 Å². The molecule has 0 aliphatic rings. The van der Waals surface area contributed by atoms with Crippen molar-refractivity contribution in [3.05, 3.63) is 33.8 Å². The summed E-state index contributed by atoms with van der Waals surface area (Å²) in [5.41, 5.74) is 0.121. The number of rotatable bonds is 7. The van der Waals surface area contributed by atoms with E-state index < -0.39 is 11.6 Å². The van der Waals surface area contributed by atoms with Gasteiger partial charge in [0.05, 0.1) is 0 Å². The maximum Gasteiger partial charge on any atom is 0.131 e. The molecule has 5 heteroatoms. The summed E-state index contributed by atoms with van der Waals surface area (Å²) in [4.78, 5) is 1.90. The van der Waals surface area contributed by atoms with Crippen molar-refractivity contribution in [1.29, 1.82) is 0 Å². The van der Waals surface area contributed by atoms with E-state index in [0.29, 0.717) is 4.47 Å². The Bertz CT molecular complexity index is 362. The van der Waals surface area contributed by atoms with Crippen molar-refractivity contribution >= 4 is 15.9 Å². The van der Waals surface area contributed by atoms with Gasteiger partial charge in [-0.1, -0.05) is 22.9 Å². The standard InChI is InChI=1S/C13H19BrF2N2/c1-3-4-17-5-6-18(2)9-11-12(15)7-10(14)8-13(11)16/h7-8,17H,3-6,9H2,1-2H3. The lowest BCUT2D eigenvalue weighted by Crippen LogP contribution is -2.29. The summed E-state index contributed by atoms with van der Waals surface area (Å²) in [5.74, 6) is -1.01.